The zero-order valence-electron chi connectivity index (χ0n) is 13.7. The number of rotatable bonds is 4. The smallest absolute Gasteiger partial charge is 0.250 e. The van der Waals surface area contributed by atoms with Gasteiger partial charge < -0.3 is 5.32 Å². The number of aromatic nitrogens is 4. The largest absolute Gasteiger partial charge is 0.309 e. The predicted molar refractivity (Wildman–Crippen MR) is 88.6 cm³/mol. The summed E-state index contributed by atoms with van der Waals surface area (Å²) in [7, 11) is 0. The normalized spacial score (nSPS) is 12.2. The lowest BCUT2D eigenvalue weighted by atomic mass is 10.3. The van der Waals surface area contributed by atoms with Gasteiger partial charge in [0.15, 0.2) is 0 Å². The van der Waals surface area contributed by atoms with Crippen LogP contribution < -0.4 is 5.32 Å². The maximum atomic E-state index is 13.4. The van der Waals surface area contributed by atoms with Crippen LogP contribution in [-0.4, -0.2) is 25.5 Å². The van der Waals surface area contributed by atoms with Crippen molar-refractivity contribution < 1.29 is 9.18 Å². The molecule has 7 heteroatoms. The predicted octanol–water partition coefficient (Wildman–Crippen LogP) is 3.02. The molecule has 0 fully saturated rings. The highest BCUT2D eigenvalue weighted by atomic mass is 19.1. The zero-order chi connectivity index (χ0) is 17.3. The van der Waals surface area contributed by atoms with Gasteiger partial charge in [0.1, 0.15) is 17.7 Å². The van der Waals surface area contributed by atoms with E-state index in [1.807, 2.05) is 19.9 Å². The molecule has 124 valence electrons. The van der Waals surface area contributed by atoms with Gasteiger partial charge in [0.2, 0.25) is 5.91 Å². The summed E-state index contributed by atoms with van der Waals surface area (Å²) < 4.78 is 16.6. The Bertz CT molecular complexity index is 883. The summed E-state index contributed by atoms with van der Waals surface area (Å²) >= 11 is 0. The first-order valence-corrected chi connectivity index (χ1v) is 7.59. The van der Waals surface area contributed by atoms with Gasteiger partial charge in [0.05, 0.1) is 17.6 Å². The molecule has 0 saturated carbocycles. The Balaban J connectivity index is 1.83. The maximum Gasteiger partial charge on any atom is 0.250 e. The molecule has 24 heavy (non-hydrogen) atoms. The number of hydrogen-bond acceptors (Lipinski definition) is 3. The van der Waals surface area contributed by atoms with Crippen LogP contribution in [0.1, 0.15) is 24.4 Å². The van der Waals surface area contributed by atoms with E-state index in [1.54, 1.807) is 36.0 Å². The molecular formula is C17H18FN5O. The van der Waals surface area contributed by atoms with Crippen LogP contribution in [-0.2, 0) is 4.79 Å². The zero-order valence-corrected chi connectivity index (χ0v) is 13.7. The molecule has 1 N–H and O–H groups in total. The second kappa shape index (κ2) is 6.27. The number of amides is 1. The molecule has 1 aromatic carbocycles. The van der Waals surface area contributed by atoms with E-state index in [9.17, 15) is 9.18 Å². The molecule has 3 aromatic rings. The number of carbonyl (C=O) groups excluding carboxylic acids is 1. The van der Waals surface area contributed by atoms with E-state index in [0.717, 1.165) is 11.4 Å². The molecule has 6 nitrogen and oxygen atoms in total. The molecule has 0 spiro atoms. The van der Waals surface area contributed by atoms with Gasteiger partial charge in [-0.05, 0) is 45.0 Å². The van der Waals surface area contributed by atoms with Crippen molar-refractivity contribution in [3.8, 4) is 5.69 Å². The van der Waals surface area contributed by atoms with Crippen molar-refractivity contribution in [1.82, 2.24) is 19.6 Å². The summed E-state index contributed by atoms with van der Waals surface area (Å²) in [6.07, 6.45) is 1.55. The standard InChI is InChI=1S/C17H18FN5O/c1-11-9-12(2)22(21-11)13(3)17(24)20-16-7-8-19-23(16)15-6-4-5-14(18)10-15/h4-10,13H,1-3H3,(H,20,24)/t13-/m0/s1. The SMILES string of the molecule is Cc1cc(C)n([C@@H](C)C(=O)Nc2ccnn2-c2cccc(F)c2)n1. The average molecular weight is 327 g/mol. The molecule has 2 aromatic heterocycles. The molecule has 0 aliphatic carbocycles. The highest BCUT2D eigenvalue weighted by molar-refractivity contribution is 5.92. The van der Waals surface area contributed by atoms with Gasteiger partial charge in [-0.25, -0.2) is 9.07 Å². The van der Waals surface area contributed by atoms with Crippen molar-refractivity contribution in [2.24, 2.45) is 0 Å². The molecule has 0 radical (unpaired) electrons. The first-order chi connectivity index (χ1) is 11.5. The van der Waals surface area contributed by atoms with Gasteiger partial charge in [-0.15, -0.1) is 0 Å². The van der Waals surface area contributed by atoms with E-state index in [0.29, 0.717) is 11.5 Å². The first kappa shape index (κ1) is 15.9. The number of nitrogens with one attached hydrogen (secondary N) is 1. The van der Waals surface area contributed by atoms with Crippen LogP contribution in [0.15, 0.2) is 42.6 Å². The highest BCUT2D eigenvalue weighted by Gasteiger charge is 2.19. The molecule has 0 aliphatic heterocycles. The second-order valence-corrected chi connectivity index (χ2v) is 5.65. The van der Waals surface area contributed by atoms with Gasteiger partial charge in [0, 0.05) is 11.8 Å². The number of aryl methyl sites for hydroxylation is 2. The number of nitrogens with zero attached hydrogens (tertiary/aromatic N) is 4. The quantitative estimate of drug-likeness (QED) is 0.801. The molecule has 3 rings (SSSR count). The lowest BCUT2D eigenvalue weighted by Crippen LogP contribution is -2.26. The Kier molecular flexibility index (Phi) is 4.16. The van der Waals surface area contributed by atoms with Crippen molar-refractivity contribution in [3.63, 3.8) is 0 Å². The summed E-state index contributed by atoms with van der Waals surface area (Å²) in [5.41, 5.74) is 2.31. The van der Waals surface area contributed by atoms with E-state index < -0.39 is 6.04 Å². The highest BCUT2D eigenvalue weighted by Crippen LogP contribution is 2.18. The van der Waals surface area contributed by atoms with Crippen molar-refractivity contribution in [2.75, 3.05) is 5.32 Å². The summed E-state index contributed by atoms with van der Waals surface area (Å²) in [6, 6.07) is 9.13. The number of carbonyl (C=O) groups is 1. The molecule has 0 saturated heterocycles. The number of anilines is 1. The number of halogens is 1. The van der Waals surface area contributed by atoms with Crippen molar-refractivity contribution in [3.05, 3.63) is 59.8 Å². The van der Waals surface area contributed by atoms with Crippen LogP contribution in [0.2, 0.25) is 0 Å². The topological polar surface area (TPSA) is 64.7 Å². The maximum absolute atomic E-state index is 13.4. The van der Waals surface area contributed by atoms with Crippen molar-refractivity contribution >= 4 is 11.7 Å². The van der Waals surface area contributed by atoms with Crippen molar-refractivity contribution in [2.45, 2.75) is 26.8 Å². The van der Waals surface area contributed by atoms with Gasteiger partial charge in [0.25, 0.3) is 0 Å². The minimum Gasteiger partial charge on any atom is -0.309 e. The Hall–Kier alpha value is -2.96. The van der Waals surface area contributed by atoms with E-state index in [1.165, 1.54) is 16.8 Å². The third-order valence-electron chi connectivity index (χ3n) is 3.74. The summed E-state index contributed by atoms with van der Waals surface area (Å²) in [6.45, 7) is 5.56. The van der Waals surface area contributed by atoms with Gasteiger partial charge in [-0.3, -0.25) is 9.48 Å². The Morgan fingerprint density at radius 3 is 2.71 bits per heavy atom. The fourth-order valence-electron chi connectivity index (χ4n) is 2.59. The van der Waals surface area contributed by atoms with Crippen LogP contribution in [0.5, 0.6) is 0 Å². The lowest BCUT2D eigenvalue weighted by molar-refractivity contribution is -0.119. The molecular weight excluding hydrogens is 309 g/mol. The Morgan fingerprint density at radius 2 is 2.04 bits per heavy atom. The Labute approximate surface area is 138 Å². The van der Waals surface area contributed by atoms with E-state index in [2.05, 4.69) is 15.5 Å². The van der Waals surface area contributed by atoms with Crippen LogP contribution in [0.3, 0.4) is 0 Å². The minimum atomic E-state index is -0.477. The second-order valence-electron chi connectivity index (χ2n) is 5.65. The average Bonchev–Trinajstić information content (AvgIpc) is 3.12. The van der Waals surface area contributed by atoms with Gasteiger partial charge >= 0.3 is 0 Å². The molecule has 2 heterocycles. The van der Waals surface area contributed by atoms with Crippen LogP contribution >= 0.6 is 0 Å². The lowest BCUT2D eigenvalue weighted by Gasteiger charge is -2.15. The Morgan fingerprint density at radius 1 is 1.25 bits per heavy atom. The third-order valence-corrected chi connectivity index (χ3v) is 3.74. The fraction of sp³-hybridized carbons (Fsp3) is 0.235. The van der Waals surface area contributed by atoms with E-state index in [-0.39, 0.29) is 11.7 Å². The third kappa shape index (κ3) is 3.05. The van der Waals surface area contributed by atoms with Crippen LogP contribution in [0.25, 0.3) is 5.69 Å². The summed E-state index contributed by atoms with van der Waals surface area (Å²) in [5, 5.41) is 11.3. The molecule has 0 aliphatic rings. The number of benzene rings is 1. The monoisotopic (exact) mass is 327 g/mol. The van der Waals surface area contributed by atoms with Gasteiger partial charge in [-0.1, -0.05) is 6.07 Å². The van der Waals surface area contributed by atoms with Crippen molar-refractivity contribution in [1.29, 1.82) is 0 Å². The van der Waals surface area contributed by atoms with E-state index >= 15 is 0 Å². The first-order valence-electron chi connectivity index (χ1n) is 7.59. The number of hydrogen-bond donors (Lipinski definition) is 1. The summed E-state index contributed by atoms with van der Waals surface area (Å²) in [4.78, 5) is 12.5. The fourth-order valence-corrected chi connectivity index (χ4v) is 2.59. The summed E-state index contributed by atoms with van der Waals surface area (Å²) in [5.74, 6) is -0.116. The molecule has 1 atom stereocenters. The molecule has 0 unspecified atom stereocenters. The molecule has 0 bridgehead atoms. The van der Waals surface area contributed by atoms with Crippen LogP contribution in [0, 0.1) is 19.7 Å². The minimum absolute atomic E-state index is 0.223. The van der Waals surface area contributed by atoms with E-state index in [4.69, 9.17) is 0 Å². The van der Waals surface area contributed by atoms with Gasteiger partial charge in [-0.2, -0.15) is 10.2 Å². The van der Waals surface area contributed by atoms with Crippen LogP contribution in [0.4, 0.5) is 10.2 Å². The molecule has 1 amide bonds.